The van der Waals surface area contributed by atoms with Crippen LogP contribution in [0.2, 0.25) is 0 Å². The van der Waals surface area contributed by atoms with Crippen LogP contribution in [0.15, 0.2) is 16.6 Å². The number of rotatable bonds is 4. The van der Waals surface area contributed by atoms with E-state index in [2.05, 4.69) is 15.9 Å². The SMILES string of the molecule is COc1cc(C(N)C2CCOCC2)c(OC)cc1Br. The van der Waals surface area contributed by atoms with Gasteiger partial charge in [0.25, 0.3) is 0 Å². The van der Waals surface area contributed by atoms with Gasteiger partial charge in [-0.1, -0.05) is 0 Å². The summed E-state index contributed by atoms with van der Waals surface area (Å²) in [5.74, 6) is 2.00. The van der Waals surface area contributed by atoms with Crippen LogP contribution in [0.25, 0.3) is 0 Å². The Morgan fingerprint density at radius 3 is 2.42 bits per heavy atom. The highest BCUT2D eigenvalue weighted by atomic mass is 79.9. The lowest BCUT2D eigenvalue weighted by Gasteiger charge is -2.29. The molecule has 1 unspecified atom stereocenters. The molecule has 1 fully saturated rings. The lowest BCUT2D eigenvalue weighted by atomic mass is 9.87. The fourth-order valence-electron chi connectivity index (χ4n) is 2.47. The fraction of sp³-hybridized carbons (Fsp3) is 0.571. The number of ether oxygens (including phenoxy) is 3. The molecular formula is C14H20BrNO3. The van der Waals surface area contributed by atoms with Gasteiger partial charge in [0.05, 0.1) is 18.7 Å². The van der Waals surface area contributed by atoms with Crippen LogP contribution in [-0.2, 0) is 4.74 Å². The summed E-state index contributed by atoms with van der Waals surface area (Å²) in [5.41, 5.74) is 7.41. The molecule has 0 bridgehead atoms. The van der Waals surface area contributed by atoms with E-state index in [1.54, 1.807) is 14.2 Å². The second-order valence-corrected chi connectivity index (χ2v) is 5.56. The van der Waals surface area contributed by atoms with Crippen molar-refractivity contribution in [1.29, 1.82) is 0 Å². The van der Waals surface area contributed by atoms with Crippen LogP contribution >= 0.6 is 15.9 Å². The van der Waals surface area contributed by atoms with E-state index < -0.39 is 0 Å². The fourth-order valence-corrected chi connectivity index (χ4v) is 2.96. The summed E-state index contributed by atoms with van der Waals surface area (Å²) in [5, 5.41) is 0. The molecule has 106 valence electrons. The first-order valence-corrected chi connectivity index (χ1v) is 7.21. The third kappa shape index (κ3) is 3.22. The van der Waals surface area contributed by atoms with Crippen molar-refractivity contribution < 1.29 is 14.2 Å². The van der Waals surface area contributed by atoms with Gasteiger partial charge in [0, 0.05) is 24.8 Å². The monoisotopic (exact) mass is 329 g/mol. The minimum atomic E-state index is -0.0548. The molecule has 1 aliphatic rings. The predicted octanol–water partition coefficient (Wildman–Crippen LogP) is 2.89. The van der Waals surface area contributed by atoms with Crippen molar-refractivity contribution in [3.05, 3.63) is 22.2 Å². The standard InChI is InChI=1S/C14H20BrNO3/c1-17-12-8-11(15)13(18-2)7-10(12)14(16)9-3-5-19-6-4-9/h7-9,14H,3-6,16H2,1-2H3. The molecule has 2 N–H and O–H groups in total. The summed E-state index contributed by atoms with van der Waals surface area (Å²) in [7, 11) is 3.31. The largest absolute Gasteiger partial charge is 0.496 e. The van der Waals surface area contributed by atoms with Gasteiger partial charge < -0.3 is 19.9 Å². The normalized spacial score (nSPS) is 18.1. The Morgan fingerprint density at radius 1 is 1.21 bits per heavy atom. The smallest absolute Gasteiger partial charge is 0.133 e. The Bertz CT molecular complexity index is 433. The van der Waals surface area contributed by atoms with E-state index in [9.17, 15) is 0 Å². The topological polar surface area (TPSA) is 53.7 Å². The molecule has 1 aliphatic heterocycles. The number of methoxy groups -OCH3 is 2. The molecule has 4 nitrogen and oxygen atoms in total. The van der Waals surface area contributed by atoms with Crippen LogP contribution in [0.5, 0.6) is 11.5 Å². The first-order valence-electron chi connectivity index (χ1n) is 6.42. The van der Waals surface area contributed by atoms with Crippen molar-refractivity contribution in [2.75, 3.05) is 27.4 Å². The van der Waals surface area contributed by atoms with E-state index in [0.29, 0.717) is 5.92 Å². The Labute approximate surface area is 122 Å². The highest BCUT2D eigenvalue weighted by Crippen LogP contribution is 2.39. The van der Waals surface area contributed by atoms with Gasteiger partial charge in [0.1, 0.15) is 11.5 Å². The Hall–Kier alpha value is -0.780. The van der Waals surface area contributed by atoms with Crippen molar-refractivity contribution >= 4 is 15.9 Å². The summed E-state index contributed by atoms with van der Waals surface area (Å²) < 4.78 is 17.0. The third-order valence-electron chi connectivity index (χ3n) is 3.64. The molecule has 0 radical (unpaired) electrons. The van der Waals surface area contributed by atoms with Crippen LogP contribution < -0.4 is 15.2 Å². The van der Waals surface area contributed by atoms with E-state index in [-0.39, 0.29) is 6.04 Å². The van der Waals surface area contributed by atoms with E-state index in [0.717, 1.165) is 47.6 Å². The molecule has 0 aromatic heterocycles. The predicted molar refractivity (Wildman–Crippen MR) is 77.7 cm³/mol. The Morgan fingerprint density at radius 2 is 1.84 bits per heavy atom. The number of hydrogen-bond donors (Lipinski definition) is 1. The van der Waals surface area contributed by atoms with Crippen molar-refractivity contribution in [2.24, 2.45) is 11.7 Å². The zero-order valence-electron chi connectivity index (χ0n) is 11.3. The molecule has 5 heteroatoms. The second-order valence-electron chi connectivity index (χ2n) is 4.70. The molecule has 0 aliphatic carbocycles. The van der Waals surface area contributed by atoms with Gasteiger partial charge in [-0.3, -0.25) is 0 Å². The maximum absolute atomic E-state index is 6.41. The number of benzene rings is 1. The molecule has 2 rings (SSSR count). The van der Waals surface area contributed by atoms with Gasteiger partial charge in [-0.15, -0.1) is 0 Å². The quantitative estimate of drug-likeness (QED) is 0.922. The van der Waals surface area contributed by atoms with E-state index in [1.807, 2.05) is 12.1 Å². The molecule has 1 aromatic carbocycles. The number of hydrogen-bond acceptors (Lipinski definition) is 4. The first-order chi connectivity index (χ1) is 9.17. The molecule has 1 atom stereocenters. The zero-order chi connectivity index (χ0) is 13.8. The summed E-state index contributed by atoms with van der Waals surface area (Å²) >= 11 is 3.46. The van der Waals surface area contributed by atoms with Crippen molar-refractivity contribution in [1.82, 2.24) is 0 Å². The minimum Gasteiger partial charge on any atom is -0.496 e. The molecule has 19 heavy (non-hydrogen) atoms. The van der Waals surface area contributed by atoms with Gasteiger partial charge in [-0.05, 0) is 46.8 Å². The van der Waals surface area contributed by atoms with Crippen LogP contribution in [0.4, 0.5) is 0 Å². The van der Waals surface area contributed by atoms with Crippen molar-refractivity contribution in [3.8, 4) is 11.5 Å². The Balaban J connectivity index is 2.30. The van der Waals surface area contributed by atoms with Gasteiger partial charge in [0.15, 0.2) is 0 Å². The molecule has 0 spiro atoms. The van der Waals surface area contributed by atoms with Gasteiger partial charge in [0.2, 0.25) is 0 Å². The third-order valence-corrected chi connectivity index (χ3v) is 4.26. The Kier molecular flexibility index (Phi) is 5.07. The van der Waals surface area contributed by atoms with Gasteiger partial charge in [-0.2, -0.15) is 0 Å². The molecule has 0 amide bonds. The first kappa shape index (κ1) is 14.6. The average molecular weight is 330 g/mol. The number of nitrogens with two attached hydrogens (primary N) is 1. The van der Waals surface area contributed by atoms with E-state index in [4.69, 9.17) is 19.9 Å². The van der Waals surface area contributed by atoms with E-state index in [1.165, 1.54) is 0 Å². The van der Waals surface area contributed by atoms with Crippen molar-refractivity contribution in [3.63, 3.8) is 0 Å². The van der Waals surface area contributed by atoms with Crippen LogP contribution in [0, 0.1) is 5.92 Å². The second kappa shape index (κ2) is 6.59. The highest BCUT2D eigenvalue weighted by molar-refractivity contribution is 9.10. The maximum Gasteiger partial charge on any atom is 0.133 e. The zero-order valence-corrected chi connectivity index (χ0v) is 12.9. The summed E-state index contributed by atoms with van der Waals surface area (Å²) in [4.78, 5) is 0. The lowest BCUT2D eigenvalue weighted by molar-refractivity contribution is 0.0581. The van der Waals surface area contributed by atoms with Crippen LogP contribution in [0.3, 0.4) is 0 Å². The highest BCUT2D eigenvalue weighted by Gasteiger charge is 2.25. The lowest BCUT2D eigenvalue weighted by Crippen LogP contribution is -2.27. The van der Waals surface area contributed by atoms with Crippen molar-refractivity contribution in [2.45, 2.75) is 18.9 Å². The molecule has 1 aromatic rings. The molecular weight excluding hydrogens is 310 g/mol. The summed E-state index contributed by atoms with van der Waals surface area (Å²) in [6.07, 6.45) is 1.98. The van der Waals surface area contributed by atoms with Crippen LogP contribution in [-0.4, -0.2) is 27.4 Å². The summed E-state index contributed by atoms with van der Waals surface area (Å²) in [6, 6.07) is 3.82. The molecule has 1 heterocycles. The maximum atomic E-state index is 6.41. The number of halogens is 1. The summed E-state index contributed by atoms with van der Waals surface area (Å²) in [6.45, 7) is 1.57. The molecule has 0 saturated carbocycles. The molecule has 1 saturated heterocycles. The minimum absolute atomic E-state index is 0.0548. The van der Waals surface area contributed by atoms with Gasteiger partial charge in [-0.25, -0.2) is 0 Å². The average Bonchev–Trinajstić information content (AvgIpc) is 2.47. The van der Waals surface area contributed by atoms with E-state index >= 15 is 0 Å². The van der Waals surface area contributed by atoms with Gasteiger partial charge >= 0.3 is 0 Å². The van der Waals surface area contributed by atoms with Crippen LogP contribution in [0.1, 0.15) is 24.4 Å².